The fourth-order valence-electron chi connectivity index (χ4n) is 5.27. The van der Waals surface area contributed by atoms with E-state index in [4.69, 9.17) is 11.6 Å². The Morgan fingerprint density at radius 1 is 1.00 bits per heavy atom. The maximum atomic E-state index is 13.2. The fourth-order valence-corrected chi connectivity index (χ4v) is 6.50. The quantitative estimate of drug-likeness (QED) is 0.504. The monoisotopic (exact) mass is 493 g/mol. The Morgan fingerprint density at radius 2 is 1.79 bits per heavy atom. The molecule has 2 aromatic carbocycles. The first-order chi connectivity index (χ1) is 16.4. The van der Waals surface area contributed by atoms with Gasteiger partial charge in [0.05, 0.1) is 4.88 Å². The van der Waals surface area contributed by atoms with Gasteiger partial charge in [0.25, 0.3) is 5.91 Å². The molecule has 2 heterocycles. The maximum Gasteiger partial charge on any atom is 0.261 e. The number of carbonyl (C=O) groups is 1. The van der Waals surface area contributed by atoms with Crippen LogP contribution in [0.2, 0.25) is 5.02 Å². The smallest absolute Gasteiger partial charge is 0.261 e. The van der Waals surface area contributed by atoms with Crippen LogP contribution in [-0.4, -0.2) is 50.1 Å². The highest BCUT2D eigenvalue weighted by molar-refractivity contribution is 7.17. The van der Waals surface area contributed by atoms with Crippen molar-refractivity contribution in [3.8, 4) is 10.4 Å². The van der Waals surface area contributed by atoms with Crippen molar-refractivity contribution in [2.75, 3.05) is 38.1 Å². The molecule has 1 fully saturated rings. The minimum absolute atomic E-state index is 0.0325. The van der Waals surface area contributed by atoms with Gasteiger partial charge in [-0.25, -0.2) is 0 Å². The Hall–Kier alpha value is -2.34. The SMILES string of the molecule is Cc1cc(Cl)ccc1-c1ccc(C(=O)N[C@H]2CCc3c(C)ccc(N4CCN(C)CC4)c3C2)s1. The zero-order chi connectivity index (χ0) is 23.8. The lowest BCUT2D eigenvalue weighted by molar-refractivity contribution is 0.0938. The second kappa shape index (κ2) is 9.73. The van der Waals surface area contributed by atoms with E-state index >= 15 is 0 Å². The summed E-state index contributed by atoms with van der Waals surface area (Å²) in [6.45, 7) is 8.58. The lowest BCUT2D eigenvalue weighted by atomic mass is 9.84. The molecule has 4 nitrogen and oxygen atoms in total. The molecule has 0 spiro atoms. The van der Waals surface area contributed by atoms with Crippen LogP contribution in [0, 0.1) is 13.8 Å². The van der Waals surface area contributed by atoms with Crippen molar-refractivity contribution >= 4 is 34.5 Å². The first kappa shape index (κ1) is 23.4. The molecule has 0 radical (unpaired) electrons. The Bertz CT molecular complexity index is 1210. The number of halogens is 1. The molecule has 178 valence electrons. The van der Waals surface area contributed by atoms with Crippen LogP contribution in [0.25, 0.3) is 10.4 Å². The van der Waals surface area contributed by atoms with Crippen LogP contribution in [-0.2, 0) is 12.8 Å². The van der Waals surface area contributed by atoms with E-state index in [-0.39, 0.29) is 11.9 Å². The molecular weight excluding hydrogens is 462 g/mol. The number of fused-ring (bicyclic) bond motifs is 1. The van der Waals surface area contributed by atoms with Crippen molar-refractivity contribution in [1.29, 1.82) is 0 Å². The minimum Gasteiger partial charge on any atom is -0.369 e. The molecule has 1 aliphatic carbocycles. The maximum absolute atomic E-state index is 13.2. The number of nitrogens with one attached hydrogen (secondary N) is 1. The number of rotatable bonds is 4. The van der Waals surface area contributed by atoms with E-state index in [2.05, 4.69) is 48.1 Å². The molecule has 1 atom stereocenters. The van der Waals surface area contributed by atoms with E-state index in [1.807, 2.05) is 30.3 Å². The van der Waals surface area contributed by atoms with Gasteiger partial charge in [-0.05, 0) is 98.3 Å². The molecule has 0 bridgehead atoms. The largest absolute Gasteiger partial charge is 0.369 e. The summed E-state index contributed by atoms with van der Waals surface area (Å²) >= 11 is 7.66. The summed E-state index contributed by atoms with van der Waals surface area (Å²) in [5, 5.41) is 4.08. The lowest BCUT2D eigenvalue weighted by Gasteiger charge is -2.37. The highest BCUT2D eigenvalue weighted by Gasteiger charge is 2.27. The van der Waals surface area contributed by atoms with Crippen LogP contribution >= 0.6 is 22.9 Å². The van der Waals surface area contributed by atoms with Crippen LogP contribution < -0.4 is 10.2 Å². The van der Waals surface area contributed by atoms with Gasteiger partial charge < -0.3 is 15.1 Å². The third-order valence-electron chi connectivity index (χ3n) is 7.30. The van der Waals surface area contributed by atoms with E-state index in [1.165, 1.54) is 22.4 Å². The number of anilines is 1. The highest BCUT2D eigenvalue weighted by Crippen LogP contribution is 2.35. The predicted molar refractivity (Wildman–Crippen MR) is 144 cm³/mol. The number of thiophene rings is 1. The van der Waals surface area contributed by atoms with Crippen LogP contribution in [0.3, 0.4) is 0 Å². The summed E-state index contributed by atoms with van der Waals surface area (Å²) in [5.74, 6) is 0.0325. The third-order valence-corrected chi connectivity index (χ3v) is 8.65. The van der Waals surface area contributed by atoms with Crippen molar-refractivity contribution in [2.45, 2.75) is 39.2 Å². The topological polar surface area (TPSA) is 35.6 Å². The summed E-state index contributed by atoms with van der Waals surface area (Å²) in [6, 6.07) is 14.6. The number of hydrogen-bond acceptors (Lipinski definition) is 4. The van der Waals surface area contributed by atoms with Crippen molar-refractivity contribution in [1.82, 2.24) is 10.2 Å². The molecule has 0 saturated carbocycles. The van der Waals surface area contributed by atoms with Gasteiger partial charge in [-0.1, -0.05) is 23.7 Å². The van der Waals surface area contributed by atoms with Crippen LogP contribution in [0.15, 0.2) is 42.5 Å². The lowest BCUT2D eigenvalue weighted by Crippen LogP contribution is -2.45. The zero-order valence-corrected chi connectivity index (χ0v) is 21.7. The summed E-state index contributed by atoms with van der Waals surface area (Å²) in [4.78, 5) is 19.9. The number of likely N-dealkylation sites (N-methyl/N-ethyl adjacent to an activating group) is 1. The summed E-state index contributed by atoms with van der Waals surface area (Å²) < 4.78 is 0. The number of piperazine rings is 1. The number of amides is 1. The van der Waals surface area contributed by atoms with Crippen LogP contribution in [0.1, 0.15) is 38.3 Å². The molecule has 1 N–H and O–H groups in total. The summed E-state index contributed by atoms with van der Waals surface area (Å²) in [6.07, 6.45) is 2.91. The normalized spacial score (nSPS) is 18.6. The first-order valence-corrected chi connectivity index (χ1v) is 13.3. The first-order valence-electron chi connectivity index (χ1n) is 12.1. The second-order valence-electron chi connectivity index (χ2n) is 9.69. The molecule has 34 heavy (non-hydrogen) atoms. The molecule has 6 heteroatoms. The van der Waals surface area contributed by atoms with E-state index in [9.17, 15) is 4.79 Å². The van der Waals surface area contributed by atoms with Crippen molar-refractivity contribution < 1.29 is 4.79 Å². The highest BCUT2D eigenvalue weighted by atomic mass is 35.5. The standard InChI is InChI=1S/C28H32ClN3OS/c1-18-4-9-25(32-14-12-31(3)13-15-32)24-17-21(6-8-22(18)24)30-28(33)27-11-10-26(34-27)23-7-5-20(29)16-19(23)2/h4-5,7,9-11,16,21H,6,8,12-15,17H2,1-3H3,(H,30,33)/t21-/m0/s1. The van der Waals surface area contributed by atoms with Crippen molar-refractivity contribution in [3.63, 3.8) is 0 Å². The molecule has 2 aliphatic rings. The number of carbonyl (C=O) groups excluding carboxylic acids is 1. The van der Waals surface area contributed by atoms with Gasteiger partial charge in [0, 0.05) is 47.8 Å². The van der Waals surface area contributed by atoms with Crippen molar-refractivity contribution in [3.05, 3.63) is 74.6 Å². The molecule has 5 rings (SSSR count). The van der Waals surface area contributed by atoms with Crippen LogP contribution in [0.5, 0.6) is 0 Å². The molecule has 1 aliphatic heterocycles. The molecule has 1 aromatic heterocycles. The van der Waals surface area contributed by atoms with E-state index in [0.717, 1.165) is 71.3 Å². The Kier molecular flexibility index (Phi) is 6.70. The average Bonchev–Trinajstić information content (AvgIpc) is 3.30. The molecule has 1 amide bonds. The Balaban J connectivity index is 1.32. The fraction of sp³-hybridized carbons (Fsp3) is 0.393. The average molecular weight is 494 g/mol. The van der Waals surface area contributed by atoms with E-state index in [0.29, 0.717) is 0 Å². The summed E-state index contributed by atoms with van der Waals surface area (Å²) in [7, 11) is 2.19. The Morgan fingerprint density at radius 3 is 2.56 bits per heavy atom. The van der Waals surface area contributed by atoms with Gasteiger partial charge in [0.1, 0.15) is 0 Å². The van der Waals surface area contributed by atoms with Gasteiger partial charge in [-0.3, -0.25) is 4.79 Å². The van der Waals surface area contributed by atoms with Gasteiger partial charge in [0.2, 0.25) is 0 Å². The molecule has 0 unspecified atom stereocenters. The van der Waals surface area contributed by atoms with Crippen molar-refractivity contribution in [2.24, 2.45) is 0 Å². The number of nitrogens with zero attached hydrogens (tertiary/aromatic N) is 2. The number of aryl methyl sites for hydroxylation is 2. The van der Waals surface area contributed by atoms with Gasteiger partial charge in [-0.15, -0.1) is 11.3 Å². The van der Waals surface area contributed by atoms with Gasteiger partial charge in [0.15, 0.2) is 0 Å². The van der Waals surface area contributed by atoms with Gasteiger partial charge in [-0.2, -0.15) is 0 Å². The second-order valence-corrected chi connectivity index (χ2v) is 11.2. The predicted octanol–water partition coefficient (Wildman–Crippen LogP) is 5.72. The van der Waals surface area contributed by atoms with E-state index in [1.54, 1.807) is 11.3 Å². The third kappa shape index (κ3) is 4.74. The zero-order valence-electron chi connectivity index (χ0n) is 20.2. The minimum atomic E-state index is 0.0325. The molecule has 1 saturated heterocycles. The van der Waals surface area contributed by atoms with Gasteiger partial charge >= 0.3 is 0 Å². The van der Waals surface area contributed by atoms with Crippen LogP contribution in [0.4, 0.5) is 5.69 Å². The summed E-state index contributed by atoms with van der Waals surface area (Å²) in [5.41, 5.74) is 7.91. The Labute approximate surface area is 211 Å². The van der Waals surface area contributed by atoms with E-state index < -0.39 is 0 Å². The number of benzene rings is 2. The number of hydrogen-bond donors (Lipinski definition) is 1. The molecule has 3 aromatic rings. The molecular formula is C28H32ClN3OS.